The second kappa shape index (κ2) is 5.63. The maximum Gasteiger partial charge on any atom is 0.261 e. The summed E-state index contributed by atoms with van der Waals surface area (Å²) in [6, 6.07) is 20.8. The Hall–Kier alpha value is -3.24. The number of carbonyl (C=O) groups excluding carboxylic acids is 2. The van der Waals surface area contributed by atoms with Crippen LogP contribution in [-0.4, -0.2) is 16.8 Å². The lowest BCUT2D eigenvalue weighted by atomic mass is 9.87. The predicted octanol–water partition coefficient (Wildman–Crippen LogP) is 3.67. The van der Waals surface area contributed by atoms with E-state index in [1.807, 2.05) is 24.3 Å². The number of para-hydroxylation sites is 1. The van der Waals surface area contributed by atoms with Crippen LogP contribution in [0.5, 0.6) is 0 Å². The predicted molar refractivity (Wildman–Crippen MR) is 103 cm³/mol. The molecular weight excluding hydrogens is 338 g/mol. The Balaban J connectivity index is 1.46. The number of Topliss-reactive ketones (excluding diaryl/α,β-unsaturated/α-hetero) is 1. The van der Waals surface area contributed by atoms with Crippen molar-refractivity contribution in [2.45, 2.75) is 18.4 Å². The number of aliphatic hydroxyl groups is 1. The van der Waals surface area contributed by atoms with Gasteiger partial charge in [0, 0.05) is 16.8 Å². The molecule has 5 rings (SSSR count). The average Bonchev–Trinajstić information content (AvgIpc) is 3.17. The van der Waals surface area contributed by atoms with Crippen molar-refractivity contribution < 1.29 is 14.7 Å². The molecule has 0 bridgehead atoms. The fraction of sp³-hybridized carbons (Fsp3) is 0.130. The monoisotopic (exact) mass is 355 g/mol. The third-order valence-corrected chi connectivity index (χ3v) is 5.53. The van der Waals surface area contributed by atoms with Crippen LogP contribution < -0.4 is 5.32 Å². The van der Waals surface area contributed by atoms with Crippen molar-refractivity contribution in [2.75, 3.05) is 5.32 Å². The lowest BCUT2D eigenvalue weighted by Gasteiger charge is -2.20. The summed E-state index contributed by atoms with van der Waals surface area (Å²) in [4.78, 5) is 25.2. The van der Waals surface area contributed by atoms with Gasteiger partial charge in [0.2, 0.25) is 0 Å². The second-order valence-electron chi connectivity index (χ2n) is 7.17. The van der Waals surface area contributed by atoms with Crippen molar-refractivity contribution in [3.63, 3.8) is 0 Å². The molecule has 2 N–H and O–H groups in total. The summed E-state index contributed by atoms with van der Waals surface area (Å²) in [7, 11) is 0. The summed E-state index contributed by atoms with van der Waals surface area (Å²) >= 11 is 0. The van der Waals surface area contributed by atoms with E-state index in [2.05, 4.69) is 17.4 Å². The van der Waals surface area contributed by atoms with Gasteiger partial charge in [-0.25, -0.2) is 0 Å². The molecular formula is C23H17NO3. The van der Waals surface area contributed by atoms with Gasteiger partial charge >= 0.3 is 0 Å². The van der Waals surface area contributed by atoms with Crippen LogP contribution in [0.15, 0.2) is 66.7 Å². The first kappa shape index (κ1) is 16.0. The van der Waals surface area contributed by atoms with E-state index in [0.29, 0.717) is 16.8 Å². The number of benzene rings is 3. The molecule has 2 aliphatic rings. The topological polar surface area (TPSA) is 66.4 Å². The lowest BCUT2D eigenvalue weighted by molar-refractivity contribution is -0.133. The Morgan fingerprint density at radius 3 is 2.59 bits per heavy atom. The van der Waals surface area contributed by atoms with Gasteiger partial charge in [-0.1, -0.05) is 54.6 Å². The maximum absolute atomic E-state index is 12.9. The SMILES string of the molecule is O=C(C[C@]1(O)C(=O)Nc2ccccc21)c1ccc2c(c1)Cc1ccccc1-2. The highest BCUT2D eigenvalue weighted by atomic mass is 16.3. The van der Waals surface area contributed by atoms with Crippen molar-refractivity contribution in [1.82, 2.24) is 0 Å². The third kappa shape index (κ3) is 2.34. The minimum absolute atomic E-state index is 0.247. The quantitative estimate of drug-likeness (QED) is 0.551. The number of ketones is 1. The molecule has 0 aromatic heterocycles. The Morgan fingerprint density at radius 1 is 0.963 bits per heavy atom. The standard InChI is InChI=1S/C23H17NO3/c25-21(13-23(27)19-7-3-4-8-20(19)24-22(23)26)15-9-10-18-16(12-15)11-14-5-1-2-6-17(14)18/h1-10,12,27H,11,13H2,(H,24,26)/t23-/m1/s1. The van der Waals surface area contributed by atoms with Crippen LogP contribution in [0.4, 0.5) is 5.69 Å². The van der Waals surface area contributed by atoms with E-state index < -0.39 is 11.5 Å². The van der Waals surface area contributed by atoms with Gasteiger partial charge in [-0.15, -0.1) is 0 Å². The van der Waals surface area contributed by atoms with Gasteiger partial charge in [-0.2, -0.15) is 0 Å². The number of hydrogen-bond acceptors (Lipinski definition) is 3. The molecule has 0 saturated heterocycles. The Labute approximate surface area is 156 Å². The molecule has 27 heavy (non-hydrogen) atoms. The largest absolute Gasteiger partial charge is 0.375 e. The molecule has 0 spiro atoms. The summed E-state index contributed by atoms with van der Waals surface area (Å²) in [5, 5.41) is 13.6. The van der Waals surface area contributed by atoms with Crippen molar-refractivity contribution in [3.8, 4) is 11.1 Å². The van der Waals surface area contributed by atoms with Crippen LogP contribution in [0, 0.1) is 0 Å². The van der Waals surface area contributed by atoms with Crippen molar-refractivity contribution in [2.24, 2.45) is 0 Å². The molecule has 132 valence electrons. The van der Waals surface area contributed by atoms with Crippen LogP contribution >= 0.6 is 0 Å². The van der Waals surface area contributed by atoms with Crippen LogP contribution in [0.1, 0.15) is 33.5 Å². The molecule has 0 saturated carbocycles. The summed E-state index contributed by atoms with van der Waals surface area (Å²) in [6.45, 7) is 0. The number of nitrogens with one attached hydrogen (secondary N) is 1. The second-order valence-corrected chi connectivity index (χ2v) is 7.17. The maximum atomic E-state index is 12.9. The molecule has 3 aromatic rings. The first-order chi connectivity index (χ1) is 13.1. The van der Waals surface area contributed by atoms with Gasteiger partial charge in [-0.3, -0.25) is 9.59 Å². The van der Waals surface area contributed by atoms with E-state index in [1.54, 1.807) is 30.3 Å². The molecule has 1 heterocycles. The Kier molecular flexibility index (Phi) is 3.33. The Morgan fingerprint density at radius 2 is 1.70 bits per heavy atom. The zero-order valence-corrected chi connectivity index (χ0v) is 14.5. The minimum atomic E-state index is -1.82. The highest BCUT2D eigenvalue weighted by molar-refractivity contribution is 6.09. The molecule has 1 aliphatic heterocycles. The van der Waals surface area contributed by atoms with Gasteiger partial charge in [0.15, 0.2) is 11.4 Å². The number of hydrogen-bond donors (Lipinski definition) is 2. The number of fused-ring (bicyclic) bond motifs is 4. The van der Waals surface area contributed by atoms with Crippen LogP contribution in [0.3, 0.4) is 0 Å². The zero-order valence-electron chi connectivity index (χ0n) is 14.5. The van der Waals surface area contributed by atoms with E-state index in [-0.39, 0.29) is 12.2 Å². The van der Waals surface area contributed by atoms with Crippen molar-refractivity contribution in [3.05, 3.63) is 89.0 Å². The zero-order chi connectivity index (χ0) is 18.6. The van der Waals surface area contributed by atoms with Crippen LogP contribution in [0.25, 0.3) is 11.1 Å². The molecule has 0 fully saturated rings. The molecule has 0 unspecified atom stereocenters. The van der Waals surface area contributed by atoms with Gasteiger partial charge in [0.25, 0.3) is 5.91 Å². The molecule has 1 aliphatic carbocycles. The fourth-order valence-corrected chi connectivity index (χ4v) is 4.13. The van der Waals surface area contributed by atoms with E-state index in [0.717, 1.165) is 17.5 Å². The Bertz CT molecular complexity index is 1120. The average molecular weight is 355 g/mol. The number of rotatable bonds is 3. The summed E-state index contributed by atoms with van der Waals surface area (Å²) < 4.78 is 0. The van der Waals surface area contributed by atoms with Gasteiger partial charge in [0.1, 0.15) is 0 Å². The van der Waals surface area contributed by atoms with Gasteiger partial charge in [-0.05, 0) is 40.8 Å². The molecule has 3 aromatic carbocycles. The lowest BCUT2D eigenvalue weighted by Crippen LogP contribution is -2.36. The smallest absolute Gasteiger partial charge is 0.261 e. The molecule has 4 nitrogen and oxygen atoms in total. The summed E-state index contributed by atoms with van der Waals surface area (Å²) in [6.07, 6.45) is 0.516. The van der Waals surface area contributed by atoms with Gasteiger partial charge in [0.05, 0.1) is 6.42 Å². The van der Waals surface area contributed by atoms with Crippen molar-refractivity contribution >= 4 is 17.4 Å². The first-order valence-corrected chi connectivity index (χ1v) is 8.94. The molecule has 0 radical (unpaired) electrons. The molecule has 4 heteroatoms. The van der Waals surface area contributed by atoms with Crippen LogP contribution in [-0.2, 0) is 16.8 Å². The highest BCUT2D eigenvalue weighted by Gasteiger charge is 2.46. The van der Waals surface area contributed by atoms with Gasteiger partial charge < -0.3 is 10.4 Å². The highest BCUT2D eigenvalue weighted by Crippen LogP contribution is 2.40. The third-order valence-electron chi connectivity index (χ3n) is 5.53. The minimum Gasteiger partial charge on any atom is -0.375 e. The van der Waals surface area contributed by atoms with Crippen molar-refractivity contribution in [1.29, 1.82) is 0 Å². The van der Waals surface area contributed by atoms with E-state index in [1.165, 1.54) is 11.1 Å². The van der Waals surface area contributed by atoms with E-state index in [9.17, 15) is 14.7 Å². The normalized spacial score (nSPS) is 19.2. The number of amides is 1. The summed E-state index contributed by atoms with van der Waals surface area (Å²) in [5.41, 5.74) is 4.41. The molecule has 1 amide bonds. The number of anilines is 1. The number of carbonyl (C=O) groups is 2. The fourth-order valence-electron chi connectivity index (χ4n) is 4.13. The van der Waals surface area contributed by atoms with E-state index >= 15 is 0 Å². The van der Waals surface area contributed by atoms with Crippen LogP contribution in [0.2, 0.25) is 0 Å². The molecule has 1 atom stereocenters. The first-order valence-electron chi connectivity index (χ1n) is 8.94. The van der Waals surface area contributed by atoms with E-state index in [4.69, 9.17) is 0 Å². The summed E-state index contributed by atoms with van der Waals surface area (Å²) in [5.74, 6) is -0.797.